The lowest BCUT2D eigenvalue weighted by molar-refractivity contribution is -0.139. The summed E-state index contributed by atoms with van der Waals surface area (Å²) in [6.07, 6.45) is 1.91. The van der Waals surface area contributed by atoms with E-state index in [1.165, 1.54) is 28.8 Å². The van der Waals surface area contributed by atoms with E-state index in [9.17, 15) is 18.0 Å². The van der Waals surface area contributed by atoms with Crippen LogP contribution in [0.1, 0.15) is 33.3 Å². The molecule has 3 aromatic rings. The van der Waals surface area contributed by atoms with Crippen LogP contribution in [0.5, 0.6) is 11.5 Å². The zero-order chi connectivity index (χ0) is 31.6. The summed E-state index contributed by atoms with van der Waals surface area (Å²) in [4.78, 5) is 29.6. The molecule has 0 aliphatic heterocycles. The molecular formula is C32H41N3O6S2. The summed E-state index contributed by atoms with van der Waals surface area (Å²) < 4.78 is 40.1. The zero-order valence-corrected chi connectivity index (χ0v) is 27.2. The highest BCUT2D eigenvalue weighted by Crippen LogP contribution is 2.28. The van der Waals surface area contributed by atoms with Crippen molar-refractivity contribution in [2.24, 2.45) is 5.92 Å². The van der Waals surface area contributed by atoms with E-state index >= 15 is 0 Å². The van der Waals surface area contributed by atoms with Crippen LogP contribution in [0.4, 0.5) is 5.69 Å². The van der Waals surface area contributed by atoms with Gasteiger partial charge in [-0.05, 0) is 92.2 Å². The van der Waals surface area contributed by atoms with Gasteiger partial charge < -0.3 is 19.7 Å². The van der Waals surface area contributed by atoms with Crippen molar-refractivity contribution in [2.75, 3.05) is 37.4 Å². The number of amides is 2. The first kappa shape index (κ1) is 33.8. The Labute approximate surface area is 259 Å². The Hall–Kier alpha value is -3.70. The van der Waals surface area contributed by atoms with Gasteiger partial charge in [0.2, 0.25) is 11.8 Å². The van der Waals surface area contributed by atoms with Crippen LogP contribution in [0.25, 0.3) is 0 Å². The lowest BCUT2D eigenvalue weighted by Gasteiger charge is -2.32. The maximum absolute atomic E-state index is 14.1. The van der Waals surface area contributed by atoms with E-state index in [1.807, 2.05) is 33.1 Å². The molecule has 43 heavy (non-hydrogen) atoms. The van der Waals surface area contributed by atoms with Gasteiger partial charge in [-0.2, -0.15) is 0 Å². The highest BCUT2D eigenvalue weighted by atomic mass is 32.2. The minimum atomic E-state index is -4.17. The van der Waals surface area contributed by atoms with Gasteiger partial charge in [0.1, 0.15) is 24.1 Å². The normalized spacial score (nSPS) is 12.0. The van der Waals surface area contributed by atoms with Crippen LogP contribution in [0, 0.1) is 5.92 Å². The van der Waals surface area contributed by atoms with Gasteiger partial charge in [-0.25, -0.2) is 8.42 Å². The van der Waals surface area contributed by atoms with E-state index in [1.54, 1.807) is 68.6 Å². The molecule has 0 saturated carbocycles. The molecule has 0 aliphatic rings. The van der Waals surface area contributed by atoms with Crippen LogP contribution in [-0.2, 0) is 26.2 Å². The number of hydrogen-bond acceptors (Lipinski definition) is 7. The third-order valence-corrected chi connectivity index (χ3v) is 9.23. The maximum Gasteiger partial charge on any atom is 0.264 e. The Kier molecular flexibility index (Phi) is 12.3. The van der Waals surface area contributed by atoms with Crippen molar-refractivity contribution >= 4 is 39.3 Å². The van der Waals surface area contributed by atoms with Crippen LogP contribution in [0.15, 0.2) is 82.6 Å². The van der Waals surface area contributed by atoms with E-state index in [4.69, 9.17) is 9.47 Å². The second-order valence-electron chi connectivity index (χ2n) is 10.3. The Bertz CT molecular complexity index is 1460. The monoisotopic (exact) mass is 627 g/mol. The van der Waals surface area contributed by atoms with Gasteiger partial charge in [0.15, 0.2) is 0 Å². The first-order valence-electron chi connectivity index (χ1n) is 14.1. The standard InChI is InChI=1S/C32H41N3O6S2/c1-7-41-27-13-11-26(12-14-27)35(43(38,39)30-17-15-29(42-6)16-18-30)22-31(36)34(24(4)32(37)33-20-23(2)3)21-25-9-8-10-28(19-25)40-5/h8-19,23-24H,7,20-22H2,1-6H3,(H,33,37)/t24-/m1/s1. The maximum atomic E-state index is 14.1. The van der Waals surface area contributed by atoms with E-state index in [-0.39, 0.29) is 23.3 Å². The Balaban J connectivity index is 2.03. The van der Waals surface area contributed by atoms with E-state index in [2.05, 4.69) is 5.32 Å². The van der Waals surface area contributed by atoms with E-state index < -0.39 is 28.5 Å². The van der Waals surface area contributed by atoms with Gasteiger partial charge in [0, 0.05) is 18.0 Å². The molecule has 0 saturated heterocycles. The van der Waals surface area contributed by atoms with Crippen LogP contribution in [-0.4, -0.2) is 64.2 Å². The van der Waals surface area contributed by atoms with Crippen molar-refractivity contribution in [1.82, 2.24) is 10.2 Å². The number of methoxy groups -OCH3 is 1. The summed E-state index contributed by atoms with van der Waals surface area (Å²) in [5.74, 6) is 0.543. The first-order valence-corrected chi connectivity index (χ1v) is 16.8. The molecule has 9 nitrogen and oxygen atoms in total. The second kappa shape index (κ2) is 15.7. The topological polar surface area (TPSA) is 105 Å². The number of benzene rings is 3. The molecule has 2 amide bonds. The highest BCUT2D eigenvalue weighted by molar-refractivity contribution is 7.98. The van der Waals surface area contributed by atoms with Crippen LogP contribution in [0.3, 0.4) is 0 Å². The summed E-state index contributed by atoms with van der Waals surface area (Å²) in [5, 5.41) is 2.89. The molecule has 1 atom stereocenters. The lowest BCUT2D eigenvalue weighted by atomic mass is 10.1. The number of hydrogen-bond donors (Lipinski definition) is 1. The van der Waals surface area contributed by atoms with Crippen molar-refractivity contribution in [3.05, 3.63) is 78.4 Å². The van der Waals surface area contributed by atoms with Crippen molar-refractivity contribution in [1.29, 1.82) is 0 Å². The molecule has 0 spiro atoms. The quantitative estimate of drug-likeness (QED) is 0.231. The molecule has 3 aromatic carbocycles. The van der Waals surface area contributed by atoms with Crippen LogP contribution in [0.2, 0.25) is 0 Å². The van der Waals surface area contributed by atoms with Gasteiger partial charge in [-0.15, -0.1) is 11.8 Å². The molecule has 11 heteroatoms. The molecule has 0 bridgehead atoms. The first-order chi connectivity index (χ1) is 20.5. The predicted molar refractivity (Wildman–Crippen MR) is 171 cm³/mol. The highest BCUT2D eigenvalue weighted by Gasteiger charge is 2.32. The molecule has 0 aromatic heterocycles. The van der Waals surface area contributed by atoms with Gasteiger partial charge in [-0.3, -0.25) is 13.9 Å². The summed E-state index contributed by atoms with van der Waals surface area (Å²) >= 11 is 1.50. The van der Waals surface area contributed by atoms with E-state index in [0.29, 0.717) is 30.3 Å². The Morgan fingerprint density at radius 1 is 0.953 bits per heavy atom. The fourth-order valence-electron chi connectivity index (χ4n) is 4.28. The molecular weight excluding hydrogens is 587 g/mol. The number of nitrogens with zero attached hydrogens (tertiary/aromatic N) is 2. The van der Waals surface area contributed by atoms with Gasteiger partial charge in [0.25, 0.3) is 10.0 Å². The number of ether oxygens (including phenoxy) is 2. The SMILES string of the molecule is CCOc1ccc(N(CC(=O)N(Cc2cccc(OC)c2)[C@H](C)C(=O)NCC(C)C)S(=O)(=O)c2ccc(SC)cc2)cc1. The fourth-order valence-corrected chi connectivity index (χ4v) is 6.10. The summed E-state index contributed by atoms with van der Waals surface area (Å²) in [6.45, 7) is 7.92. The van der Waals surface area contributed by atoms with Crippen molar-refractivity contribution in [2.45, 2.75) is 50.1 Å². The average molecular weight is 628 g/mol. The fraction of sp³-hybridized carbons (Fsp3) is 0.375. The summed E-state index contributed by atoms with van der Waals surface area (Å²) in [6, 6.07) is 19.4. The molecule has 0 aliphatic carbocycles. The van der Waals surface area contributed by atoms with Crippen LogP contribution < -0.4 is 19.1 Å². The minimum Gasteiger partial charge on any atom is -0.497 e. The lowest BCUT2D eigenvalue weighted by Crippen LogP contribution is -2.51. The van der Waals surface area contributed by atoms with Crippen molar-refractivity contribution < 1.29 is 27.5 Å². The number of nitrogens with one attached hydrogen (secondary N) is 1. The van der Waals surface area contributed by atoms with E-state index in [0.717, 1.165) is 14.8 Å². The van der Waals surface area contributed by atoms with Gasteiger partial charge in [0.05, 0.1) is 24.3 Å². The molecule has 232 valence electrons. The van der Waals surface area contributed by atoms with Gasteiger partial charge >= 0.3 is 0 Å². The largest absolute Gasteiger partial charge is 0.497 e. The Morgan fingerprint density at radius 2 is 1.63 bits per heavy atom. The molecule has 3 rings (SSSR count). The van der Waals surface area contributed by atoms with Crippen molar-refractivity contribution in [3.8, 4) is 11.5 Å². The molecule has 0 radical (unpaired) electrons. The number of sulfonamides is 1. The smallest absolute Gasteiger partial charge is 0.264 e. The molecule has 1 N–H and O–H groups in total. The third-order valence-electron chi connectivity index (χ3n) is 6.70. The zero-order valence-electron chi connectivity index (χ0n) is 25.6. The minimum absolute atomic E-state index is 0.0501. The Morgan fingerprint density at radius 3 is 2.21 bits per heavy atom. The summed E-state index contributed by atoms with van der Waals surface area (Å²) in [7, 11) is -2.62. The van der Waals surface area contributed by atoms with Gasteiger partial charge in [-0.1, -0.05) is 26.0 Å². The third kappa shape index (κ3) is 9.14. The second-order valence-corrected chi connectivity index (χ2v) is 13.0. The summed E-state index contributed by atoms with van der Waals surface area (Å²) in [5.41, 5.74) is 1.03. The number of thioether (sulfide) groups is 1. The number of rotatable bonds is 15. The number of carbonyl (C=O) groups is 2. The molecule has 0 fully saturated rings. The molecule has 0 unspecified atom stereocenters. The number of carbonyl (C=O) groups excluding carboxylic acids is 2. The van der Waals surface area contributed by atoms with Crippen LogP contribution >= 0.6 is 11.8 Å². The predicted octanol–water partition coefficient (Wildman–Crippen LogP) is 5.20. The molecule has 0 heterocycles. The number of anilines is 1. The average Bonchev–Trinajstić information content (AvgIpc) is 3.01. The van der Waals surface area contributed by atoms with Crippen molar-refractivity contribution in [3.63, 3.8) is 0 Å².